The van der Waals surface area contributed by atoms with Crippen LogP contribution in [-0.4, -0.2) is 16.9 Å². The molecular formula is C14H10F3NO. The van der Waals surface area contributed by atoms with Crippen LogP contribution in [0.3, 0.4) is 0 Å². The molecule has 0 saturated heterocycles. The molecule has 0 atom stereocenters. The van der Waals surface area contributed by atoms with Gasteiger partial charge < -0.3 is 0 Å². The van der Waals surface area contributed by atoms with Crippen LogP contribution in [-0.2, 0) is 0 Å². The number of Topliss-reactive ketones (excluding diaryl/α,β-unsaturated/α-hetero) is 1. The number of halogens is 3. The first kappa shape index (κ1) is 14.7. The number of hydrogen-bond acceptors (Lipinski definition) is 2. The van der Waals surface area contributed by atoms with E-state index in [1.165, 1.54) is 18.5 Å². The topological polar surface area (TPSA) is 30.0 Å². The van der Waals surface area contributed by atoms with E-state index in [-0.39, 0.29) is 5.57 Å². The van der Waals surface area contributed by atoms with Crippen molar-refractivity contribution in [3.8, 4) is 0 Å². The zero-order chi connectivity index (χ0) is 14.5. The van der Waals surface area contributed by atoms with Crippen molar-refractivity contribution < 1.29 is 18.0 Å². The van der Waals surface area contributed by atoms with Crippen LogP contribution >= 0.6 is 0 Å². The Kier molecular flexibility index (Phi) is 4.62. The Morgan fingerprint density at radius 2 is 2.00 bits per heavy atom. The van der Waals surface area contributed by atoms with Crippen molar-refractivity contribution in [3.63, 3.8) is 0 Å². The van der Waals surface area contributed by atoms with Gasteiger partial charge in [0.2, 0.25) is 0 Å². The van der Waals surface area contributed by atoms with E-state index < -0.39 is 17.5 Å². The van der Waals surface area contributed by atoms with E-state index in [0.717, 1.165) is 6.08 Å². The average molecular weight is 265 g/mol. The maximum absolute atomic E-state index is 12.1. The van der Waals surface area contributed by atoms with Crippen molar-refractivity contribution in [1.82, 2.24) is 4.98 Å². The lowest BCUT2D eigenvalue weighted by Crippen LogP contribution is -2.07. The molecule has 1 rings (SSSR count). The van der Waals surface area contributed by atoms with E-state index >= 15 is 0 Å². The van der Waals surface area contributed by atoms with Crippen LogP contribution in [0.5, 0.6) is 0 Å². The van der Waals surface area contributed by atoms with Crippen LogP contribution in [0, 0.1) is 0 Å². The number of alkyl halides is 3. The van der Waals surface area contributed by atoms with Crippen molar-refractivity contribution in [3.05, 3.63) is 72.3 Å². The summed E-state index contributed by atoms with van der Waals surface area (Å²) in [4.78, 5) is 15.5. The first-order valence-corrected chi connectivity index (χ1v) is 5.14. The van der Waals surface area contributed by atoms with Gasteiger partial charge >= 0.3 is 6.18 Å². The molecule has 5 heteroatoms. The molecular weight excluding hydrogens is 255 g/mol. The fourth-order valence-corrected chi connectivity index (χ4v) is 1.07. The molecule has 0 aromatic carbocycles. The lowest BCUT2D eigenvalue weighted by Gasteiger charge is -2.02. The zero-order valence-electron chi connectivity index (χ0n) is 9.87. The van der Waals surface area contributed by atoms with Crippen LogP contribution < -0.4 is 0 Å². The first-order chi connectivity index (χ1) is 8.82. The number of aromatic nitrogens is 1. The van der Waals surface area contributed by atoms with Crippen molar-refractivity contribution in [2.24, 2.45) is 0 Å². The molecule has 0 aliphatic carbocycles. The van der Waals surface area contributed by atoms with Gasteiger partial charge in [-0.05, 0) is 24.3 Å². The van der Waals surface area contributed by atoms with E-state index in [0.29, 0.717) is 11.6 Å². The van der Waals surface area contributed by atoms with Gasteiger partial charge in [-0.3, -0.25) is 9.78 Å². The van der Waals surface area contributed by atoms with Gasteiger partial charge in [0, 0.05) is 23.5 Å². The predicted molar refractivity (Wildman–Crippen MR) is 65.6 cm³/mol. The lowest BCUT2D eigenvalue weighted by atomic mass is 10.1. The third-order valence-corrected chi connectivity index (χ3v) is 2.09. The number of pyridine rings is 1. The molecule has 0 aliphatic heterocycles. The SMILES string of the molecule is C=C(C=C=CC(=C)C(F)(F)F)C(=O)c1cccnc1. The van der Waals surface area contributed by atoms with E-state index in [1.54, 1.807) is 6.07 Å². The quantitative estimate of drug-likeness (QED) is 0.360. The fraction of sp³-hybridized carbons (Fsp3) is 0.0714. The Bertz CT molecular complexity index is 564. The summed E-state index contributed by atoms with van der Waals surface area (Å²) in [5.74, 6) is -0.424. The molecule has 2 nitrogen and oxygen atoms in total. The predicted octanol–water partition coefficient (Wildman–Crippen LogP) is 3.65. The second-order valence-electron chi connectivity index (χ2n) is 3.57. The fourth-order valence-electron chi connectivity index (χ4n) is 1.07. The highest BCUT2D eigenvalue weighted by Gasteiger charge is 2.29. The Balaban J connectivity index is 2.79. The molecule has 0 amide bonds. The number of hydrogen-bond donors (Lipinski definition) is 0. The Morgan fingerprint density at radius 1 is 1.32 bits per heavy atom. The maximum Gasteiger partial charge on any atom is 0.416 e. The summed E-state index contributed by atoms with van der Waals surface area (Å²) in [6.07, 6.45) is 0.0752. The lowest BCUT2D eigenvalue weighted by molar-refractivity contribution is -0.0877. The van der Waals surface area contributed by atoms with E-state index in [1.807, 2.05) is 0 Å². The minimum Gasteiger partial charge on any atom is -0.289 e. The smallest absolute Gasteiger partial charge is 0.289 e. The van der Waals surface area contributed by atoms with Crippen molar-refractivity contribution in [2.45, 2.75) is 6.18 Å². The van der Waals surface area contributed by atoms with E-state index in [4.69, 9.17) is 0 Å². The molecule has 0 fully saturated rings. The molecule has 0 bridgehead atoms. The van der Waals surface area contributed by atoms with Crippen molar-refractivity contribution in [2.75, 3.05) is 0 Å². The summed E-state index contributed by atoms with van der Waals surface area (Å²) in [5, 5.41) is 0. The van der Waals surface area contributed by atoms with Crippen LogP contribution in [0.2, 0.25) is 0 Å². The number of allylic oxidation sites excluding steroid dienone is 3. The molecule has 19 heavy (non-hydrogen) atoms. The summed E-state index contributed by atoms with van der Waals surface area (Å²) in [5.41, 5.74) is 1.50. The second kappa shape index (κ2) is 5.98. The number of nitrogens with zero attached hydrogens (tertiary/aromatic N) is 1. The molecule has 0 spiro atoms. The van der Waals surface area contributed by atoms with E-state index in [9.17, 15) is 18.0 Å². The summed E-state index contributed by atoms with van der Waals surface area (Å²) in [6, 6.07) is 3.11. The molecule has 0 radical (unpaired) electrons. The highest BCUT2D eigenvalue weighted by molar-refractivity contribution is 6.09. The van der Waals surface area contributed by atoms with Gasteiger partial charge in [-0.1, -0.05) is 13.2 Å². The molecule has 98 valence electrons. The summed E-state index contributed by atoms with van der Waals surface area (Å²) in [7, 11) is 0. The third kappa shape index (κ3) is 4.41. The van der Waals surface area contributed by atoms with Gasteiger partial charge in [0.25, 0.3) is 0 Å². The molecule has 0 unspecified atom stereocenters. The molecule has 0 aliphatic rings. The highest BCUT2D eigenvalue weighted by atomic mass is 19.4. The second-order valence-corrected chi connectivity index (χ2v) is 3.57. The van der Waals surface area contributed by atoms with Crippen LogP contribution in [0.25, 0.3) is 0 Å². The van der Waals surface area contributed by atoms with Gasteiger partial charge in [0.15, 0.2) is 5.78 Å². The summed E-state index contributed by atoms with van der Waals surface area (Å²) >= 11 is 0. The standard InChI is InChI=1S/C14H10F3NO/c1-10(5-3-6-11(2)14(15,16)17)13(19)12-7-4-8-18-9-12/h4-9H,1-2H2. The zero-order valence-corrected chi connectivity index (χ0v) is 9.87. The molecule has 0 N–H and O–H groups in total. The normalized spacial score (nSPS) is 10.3. The molecule has 1 heterocycles. The minimum absolute atomic E-state index is 0.0132. The molecule has 1 aromatic rings. The summed E-state index contributed by atoms with van der Waals surface area (Å²) < 4.78 is 36.3. The minimum atomic E-state index is -4.50. The maximum atomic E-state index is 12.1. The van der Waals surface area contributed by atoms with Crippen molar-refractivity contribution >= 4 is 5.78 Å². The first-order valence-electron chi connectivity index (χ1n) is 5.14. The van der Waals surface area contributed by atoms with Crippen LogP contribution in [0.4, 0.5) is 13.2 Å². The van der Waals surface area contributed by atoms with Gasteiger partial charge in [0.1, 0.15) is 0 Å². The van der Waals surface area contributed by atoms with Crippen LogP contribution in [0.15, 0.2) is 66.7 Å². The van der Waals surface area contributed by atoms with E-state index in [2.05, 4.69) is 23.9 Å². The Hall–Kier alpha value is -2.39. The third-order valence-electron chi connectivity index (χ3n) is 2.09. The van der Waals surface area contributed by atoms with Gasteiger partial charge in [-0.2, -0.15) is 13.2 Å². The Labute approximate surface area is 108 Å². The number of ketones is 1. The molecule has 1 aromatic heterocycles. The van der Waals surface area contributed by atoms with Gasteiger partial charge in [-0.25, -0.2) is 0 Å². The Morgan fingerprint density at radius 3 is 2.53 bits per heavy atom. The van der Waals surface area contributed by atoms with Gasteiger partial charge in [-0.15, -0.1) is 5.73 Å². The van der Waals surface area contributed by atoms with Crippen LogP contribution in [0.1, 0.15) is 10.4 Å². The number of rotatable bonds is 4. The number of carbonyl (C=O) groups is 1. The monoisotopic (exact) mass is 265 g/mol. The van der Waals surface area contributed by atoms with Gasteiger partial charge in [0.05, 0.1) is 5.57 Å². The average Bonchev–Trinajstić information content (AvgIpc) is 2.37. The highest BCUT2D eigenvalue weighted by Crippen LogP contribution is 2.24. The number of carbonyl (C=O) groups excluding carboxylic acids is 1. The molecule has 0 saturated carbocycles. The largest absolute Gasteiger partial charge is 0.416 e. The summed E-state index contributed by atoms with van der Waals surface area (Å²) in [6.45, 7) is 6.30. The van der Waals surface area contributed by atoms with Crippen molar-refractivity contribution in [1.29, 1.82) is 0 Å².